The number of rotatable bonds is 5. The smallest absolute Gasteiger partial charge is 0.325 e. The van der Waals surface area contributed by atoms with Gasteiger partial charge in [-0.3, -0.25) is 4.79 Å². The Morgan fingerprint density at radius 1 is 1.19 bits per heavy atom. The van der Waals surface area contributed by atoms with Gasteiger partial charge in [0.25, 0.3) is 0 Å². The summed E-state index contributed by atoms with van der Waals surface area (Å²) in [5.74, 6) is -0.788. The van der Waals surface area contributed by atoms with Gasteiger partial charge in [-0.15, -0.1) is 0 Å². The van der Waals surface area contributed by atoms with E-state index in [1.54, 1.807) is 19.1 Å². The summed E-state index contributed by atoms with van der Waals surface area (Å²) in [6.07, 6.45) is -4.68. The zero-order valence-corrected chi connectivity index (χ0v) is 15.9. The summed E-state index contributed by atoms with van der Waals surface area (Å²) < 4.78 is 64.4. The molecule has 0 aliphatic carbocycles. The number of likely N-dealkylation sites (N-methyl/N-ethyl adjacent to an activating group) is 1. The largest absolute Gasteiger partial charge is 0.417 e. The second-order valence-electron chi connectivity index (χ2n) is 5.82. The van der Waals surface area contributed by atoms with Crippen LogP contribution < -0.4 is 5.32 Å². The third-order valence-corrected chi connectivity index (χ3v) is 5.75. The first-order valence-corrected chi connectivity index (χ1v) is 9.42. The average Bonchev–Trinajstić information content (AvgIpc) is 2.55. The number of hydrogen-bond donors (Lipinski definition) is 1. The molecule has 5 nitrogen and oxygen atoms in total. The second-order valence-corrected chi connectivity index (χ2v) is 8.27. The Morgan fingerprint density at radius 2 is 1.85 bits per heavy atom. The van der Waals surface area contributed by atoms with Crippen molar-refractivity contribution in [2.75, 3.05) is 18.9 Å². The average molecular weight is 421 g/mol. The van der Waals surface area contributed by atoms with Gasteiger partial charge < -0.3 is 5.32 Å². The first-order chi connectivity index (χ1) is 12.4. The third-order valence-electron chi connectivity index (χ3n) is 3.62. The minimum atomic E-state index is -4.68. The van der Waals surface area contributed by atoms with Crippen molar-refractivity contribution in [2.45, 2.75) is 18.0 Å². The highest BCUT2D eigenvalue weighted by atomic mass is 35.5. The molecule has 0 spiro atoms. The van der Waals surface area contributed by atoms with Crippen molar-refractivity contribution in [3.8, 4) is 0 Å². The van der Waals surface area contributed by atoms with E-state index in [1.165, 1.54) is 25.2 Å². The van der Waals surface area contributed by atoms with Gasteiger partial charge in [-0.05, 0) is 42.8 Å². The van der Waals surface area contributed by atoms with Crippen molar-refractivity contribution >= 4 is 33.2 Å². The molecule has 0 fully saturated rings. The summed E-state index contributed by atoms with van der Waals surface area (Å²) >= 11 is 5.52. The first kappa shape index (κ1) is 21.2. The van der Waals surface area contributed by atoms with E-state index < -0.39 is 39.2 Å². The van der Waals surface area contributed by atoms with E-state index in [9.17, 15) is 26.4 Å². The molecule has 2 rings (SSSR count). The molecule has 0 saturated heterocycles. The van der Waals surface area contributed by atoms with Crippen LogP contribution in [0, 0.1) is 6.92 Å². The Hall–Kier alpha value is -2.10. The number of benzene rings is 2. The number of anilines is 1. The number of amides is 1. The summed E-state index contributed by atoms with van der Waals surface area (Å²) in [7, 11) is -2.71. The van der Waals surface area contributed by atoms with Crippen LogP contribution in [0.1, 0.15) is 11.1 Å². The van der Waals surface area contributed by atoms with Crippen LogP contribution >= 0.6 is 11.6 Å². The molecule has 0 unspecified atom stereocenters. The highest BCUT2D eigenvalue weighted by molar-refractivity contribution is 7.89. The lowest BCUT2D eigenvalue weighted by Crippen LogP contribution is -2.35. The predicted molar refractivity (Wildman–Crippen MR) is 96.1 cm³/mol. The SMILES string of the molecule is Cc1cccc(S(=O)(=O)N(C)CC(=O)Nc2ccc(Cl)c(C(F)(F)F)c2)c1. The van der Waals surface area contributed by atoms with Crippen molar-refractivity contribution in [3.63, 3.8) is 0 Å². The van der Waals surface area contributed by atoms with Crippen LogP contribution in [0.15, 0.2) is 47.4 Å². The Balaban J connectivity index is 2.14. The number of aryl methyl sites for hydroxylation is 1. The number of alkyl halides is 3. The fraction of sp³-hybridized carbons (Fsp3) is 0.235. The van der Waals surface area contributed by atoms with Gasteiger partial charge in [-0.1, -0.05) is 23.7 Å². The topological polar surface area (TPSA) is 66.5 Å². The van der Waals surface area contributed by atoms with Crippen molar-refractivity contribution in [1.29, 1.82) is 0 Å². The van der Waals surface area contributed by atoms with Gasteiger partial charge in [-0.2, -0.15) is 17.5 Å². The van der Waals surface area contributed by atoms with E-state index in [1.807, 2.05) is 0 Å². The Bertz CT molecular complexity index is 962. The van der Waals surface area contributed by atoms with Crippen molar-refractivity contribution < 1.29 is 26.4 Å². The van der Waals surface area contributed by atoms with E-state index in [2.05, 4.69) is 5.32 Å². The highest BCUT2D eigenvalue weighted by Gasteiger charge is 2.33. The summed E-state index contributed by atoms with van der Waals surface area (Å²) in [5, 5.41) is 1.74. The summed E-state index contributed by atoms with van der Waals surface area (Å²) in [5.41, 5.74) is -0.504. The number of carbonyl (C=O) groups excluding carboxylic acids is 1. The molecule has 2 aromatic carbocycles. The van der Waals surface area contributed by atoms with Crippen LogP contribution in [0.2, 0.25) is 5.02 Å². The minimum absolute atomic E-state index is 0.0173. The van der Waals surface area contributed by atoms with Gasteiger partial charge >= 0.3 is 6.18 Å². The predicted octanol–water partition coefficient (Wildman–Crippen LogP) is 3.93. The van der Waals surface area contributed by atoms with Crippen LogP contribution in [0.4, 0.5) is 18.9 Å². The number of hydrogen-bond acceptors (Lipinski definition) is 3. The van der Waals surface area contributed by atoms with Crippen LogP contribution in [0.25, 0.3) is 0 Å². The van der Waals surface area contributed by atoms with Gasteiger partial charge in [0.15, 0.2) is 0 Å². The van der Waals surface area contributed by atoms with E-state index in [-0.39, 0.29) is 10.6 Å². The molecule has 0 saturated carbocycles. The maximum atomic E-state index is 12.9. The Morgan fingerprint density at radius 3 is 2.44 bits per heavy atom. The third kappa shape index (κ3) is 5.21. The van der Waals surface area contributed by atoms with Crippen LogP contribution in [-0.2, 0) is 21.0 Å². The molecular formula is C17H16ClF3N2O3S. The summed E-state index contributed by atoms with van der Waals surface area (Å²) in [6, 6.07) is 9.05. The number of nitrogens with one attached hydrogen (secondary N) is 1. The van der Waals surface area contributed by atoms with E-state index in [4.69, 9.17) is 11.6 Å². The molecule has 10 heteroatoms. The summed E-state index contributed by atoms with van der Waals surface area (Å²) in [4.78, 5) is 12.1. The molecular weight excluding hydrogens is 405 g/mol. The van der Waals surface area contributed by atoms with Crippen LogP contribution in [0.5, 0.6) is 0 Å². The molecule has 27 heavy (non-hydrogen) atoms. The van der Waals surface area contributed by atoms with Gasteiger partial charge in [0, 0.05) is 12.7 Å². The highest BCUT2D eigenvalue weighted by Crippen LogP contribution is 2.36. The lowest BCUT2D eigenvalue weighted by atomic mass is 10.2. The maximum absolute atomic E-state index is 12.9. The molecule has 2 aromatic rings. The fourth-order valence-corrected chi connectivity index (χ4v) is 3.72. The van der Waals surface area contributed by atoms with E-state index in [0.29, 0.717) is 6.07 Å². The minimum Gasteiger partial charge on any atom is -0.325 e. The molecule has 146 valence electrons. The van der Waals surface area contributed by atoms with Gasteiger partial charge in [0.2, 0.25) is 15.9 Å². The molecule has 0 aromatic heterocycles. The van der Waals surface area contributed by atoms with Crippen molar-refractivity contribution in [3.05, 3.63) is 58.6 Å². The van der Waals surface area contributed by atoms with Crippen molar-refractivity contribution in [2.24, 2.45) is 0 Å². The van der Waals surface area contributed by atoms with Gasteiger partial charge in [-0.25, -0.2) is 8.42 Å². The van der Waals surface area contributed by atoms with E-state index in [0.717, 1.165) is 15.9 Å². The maximum Gasteiger partial charge on any atom is 0.417 e. The molecule has 1 N–H and O–H groups in total. The summed E-state index contributed by atoms with van der Waals surface area (Å²) in [6.45, 7) is 1.16. The number of sulfonamides is 1. The lowest BCUT2D eigenvalue weighted by Gasteiger charge is -2.17. The van der Waals surface area contributed by atoms with Gasteiger partial charge in [0.05, 0.1) is 22.0 Å². The molecule has 0 radical (unpaired) electrons. The standard InChI is InChI=1S/C17H16ClF3N2O3S/c1-11-4-3-5-13(8-11)27(25,26)23(2)10-16(24)22-12-6-7-15(18)14(9-12)17(19,20)21/h3-9H,10H2,1-2H3,(H,22,24). The van der Waals surface area contributed by atoms with Crippen molar-refractivity contribution in [1.82, 2.24) is 4.31 Å². The number of halogens is 4. The fourth-order valence-electron chi connectivity index (χ4n) is 2.26. The van der Waals surface area contributed by atoms with Crippen LogP contribution in [-0.4, -0.2) is 32.2 Å². The molecule has 0 atom stereocenters. The first-order valence-electron chi connectivity index (χ1n) is 7.61. The normalized spacial score (nSPS) is 12.3. The molecule has 0 aliphatic heterocycles. The van der Waals surface area contributed by atoms with E-state index >= 15 is 0 Å². The van der Waals surface area contributed by atoms with Crippen LogP contribution in [0.3, 0.4) is 0 Å². The molecule has 0 heterocycles. The van der Waals surface area contributed by atoms with Gasteiger partial charge in [0.1, 0.15) is 0 Å². The quantitative estimate of drug-likeness (QED) is 0.797. The lowest BCUT2D eigenvalue weighted by molar-refractivity contribution is -0.137. The molecule has 1 amide bonds. The molecule has 0 aliphatic rings. The molecule has 0 bridgehead atoms. The zero-order valence-electron chi connectivity index (χ0n) is 14.3. The monoisotopic (exact) mass is 420 g/mol. The second kappa shape index (κ2) is 7.87. The zero-order chi connectivity index (χ0) is 20.4. The Labute approximate surface area is 159 Å². The number of nitrogens with zero attached hydrogens (tertiary/aromatic N) is 1. The number of carbonyl (C=O) groups is 1. The Kier molecular flexibility index (Phi) is 6.18.